The van der Waals surface area contributed by atoms with Gasteiger partial charge < -0.3 is 20.7 Å². The van der Waals surface area contributed by atoms with E-state index in [-0.39, 0.29) is 11.9 Å². The van der Waals surface area contributed by atoms with Gasteiger partial charge in [-0.2, -0.15) is 4.98 Å². The number of nitrogens with zero attached hydrogens (tertiary/aromatic N) is 6. The van der Waals surface area contributed by atoms with Crippen molar-refractivity contribution in [1.29, 1.82) is 0 Å². The highest BCUT2D eigenvalue weighted by molar-refractivity contribution is 7.20. The number of amides is 1. The molecule has 10 nitrogen and oxygen atoms in total. The van der Waals surface area contributed by atoms with E-state index in [1.165, 1.54) is 18.4 Å². The lowest BCUT2D eigenvalue weighted by molar-refractivity contribution is 0.102. The van der Waals surface area contributed by atoms with Gasteiger partial charge in [-0.25, -0.2) is 15.0 Å². The first kappa shape index (κ1) is 18.7. The molecule has 4 aromatic heterocycles. The van der Waals surface area contributed by atoms with E-state index in [0.717, 1.165) is 31.0 Å². The Balaban J connectivity index is 1.41. The number of pyridine rings is 1. The van der Waals surface area contributed by atoms with E-state index in [4.69, 9.17) is 10.5 Å². The number of rotatable bonds is 4. The number of ether oxygens (including phenoxy) is 1. The van der Waals surface area contributed by atoms with Crippen molar-refractivity contribution in [1.82, 2.24) is 24.3 Å². The second kappa shape index (κ2) is 7.18. The number of nitrogens with one attached hydrogen (secondary N) is 1. The summed E-state index contributed by atoms with van der Waals surface area (Å²) in [6.07, 6.45) is 4.48. The van der Waals surface area contributed by atoms with Crippen LogP contribution in [0.1, 0.15) is 21.9 Å². The molecule has 11 heteroatoms. The highest BCUT2D eigenvalue weighted by Crippen LogP contribution is 2.26. The van der Waals surface area contributed by atoms with Crippen LogP contribution in [0.25, 0.3) is 16.0 Å². The Bertz CT molecular complexity index is 1270. The molecule has 0 saturated carbocycles. The SMILES string of the molecule is COc1nc(NC(=O)c2nc3ccc(N4CC[C@H](N)C4)nc3s2)cn2cc(C)nc12. The summed E-state index contributed by atoms with van der Waals surface area (Å²) < 4.78 is 7.07. The van der Waals surface area contributed by atoms with Crippen molar-refractivity contribution in [3.8, 4) is 5.88 Å². The minimum Gasteiger partial charge on any atom is -0.478 e. The molecule has 0 aromatic carbocycles. The molecule has 3 N–H and O–H groups in total. The summed E-state index contributed by atoms with van der Waals surface area (Å²) in [5.74, 6) is 1.19. The number of imidazole rings is 1. The second-order valence-electron chi connectivity index (χ2n) is 7.21. The first-order valence-electron chi connectivity index (χ1n) is 9.50. The number of carbonyl (C=O) groups excluding carboxylic acids is 1. The van der Waals surface area contributed by atoms with E-state index in [0.29, 0.717) is 32.7 Å². The summed E-state index contributed by atoms with van der Waals surface area (Å²) in [7, 11) is 1.52. The molecular formula is C19H20N8O2S. The van der Waals surface area contributed by atoms with Crippen LogP contribution >= 0.6 is 11.3 Å². The van der Waals surface area contributed by atoms with E-state index in [1.807, 2.05) is 25.3 Å². The van der Waals surface area contributed by atoms with E-state index in [1.54, 1.807) is 10.6 Å². The Kier molecular flexibility index (Phi) is 4.48. The molecule has 1 atom stereocenters. The number of aryl methyl sites for hydroxylation is 1. The van der Waals surface area contributed by atoms with E-state index in [9.17, 15) is 4.79 Å². The molecule has 0 spiro atoms. The number of hydrogen-bond acceptors (Lipinski definition) is 9. The molecule has 0 radical (unpaired) electrons. The average molecular weight is 424 g/mol. The quantitative estimate of drug-likeness (QED) is 0.509. The lowest BCUT2D eigenvalue weighted by Crippen LogP contribution is -2.26. The van der Waals surface area contributed by atoms with E-state index in [2.05, 4.69) is 30.2 Å². The van der Waals surface area contributed by atoms with Crippen molar-refractivity contribution < 1.29 is 9.53 Å². The Morgan fingerprint density at radius 3 is 2.90 bits per heavy atom. The number of anilines is 2. The third-order valence-corrected chi connectivity index (χ3v) is 5.91. The van der Waals surface area contributed by atoms with Gasteiger partial charge in [-0.1, -0.05) is 11.3 Å². The summed E-state index contributed by atoms with van der Waals surface area (Å²) in [5, 5.41) is 3.10. The Morgan fingerprint density at radius 1 is 1.27 bits per heavy atom. The van der Waals surface area contributed by atoms with Gasteiger partial charge in [-0.3, -0.25) is 9.20 Å². The number of methoxy groups -OCH3 is 1. The fraction of sp³-hybridized carbons (Fsp3) is 0.316. The zero-order valence-electron chi connectivity index (χ0n) is 16.5. The van der Waals surface area contributed by atoms with Crippen LogP contribution in [0.3, 0.4) is 0 Å². The second-order valence-corrected chi connectivity index (χ2v) is 8.19. The smallest absolute Gasteiger partial charge is 0.285 e. The molecule has 1 saturated heterocycles. The van der Waals surface area contributed by atoms with Crippen LogP contribution in [-0.4, -0.2) is 56.5 Å². The molecule has 1 aliphatic rings. The Labute approximate surface area is 175 Å². The normalized spacial score (nSPS) is 16.5. The molecule has 0 aliphatic carbocycles. The van der Waals surface area contributed by atoms with Crippen LogP contribution in [0.15, 0.2) is 24.5 Å². The maximum atomic E-state index is 12.8. The van der Waals surface area contributed by atoms with Crippen molar-refractivity contribution in [3.05, 3.63) is 35.2 Å². The number of hydrogen-bond donors (Lipinski definition) is 2. The predicted octanol–water partition coefficient (Wildman–Crippen LogP) is 1.84. The third kappa shape index (κ3) is 3.31. The van der Waals surface area contributed by atoms with Crippen molar-refractivity contribution >= 4 is 44.9 Å². The fourth-order valence-corrected chi connectivity index (χ4v) is 4.36. The van der Waals surface area contributed by atoms with Crippen LogP contribution in [0.2, 0.25) is 0 Å². The summed E-state index contributed by atoms with van der Waals surface area (Å²) >= 11 is 1.25. The number of nitrogens with two attached hydrogens (primary N) is 1. The average Bonchev–Trinajstić information content (AvgIpc) is 3.43. The van der Waals surface area contributed by atoms with Crippen LogP contribution in [0.4, 0.5) is 11.6 Å². The van der Waals surface area contributed by atoms with Gasteiger partial charge in [0.1, 0.15) is 16.2 Å². The molecule has 30 heavy (non-hydrogen) atoms. The van der Waals surface area contributed by atoms with Gasteiger partial charge in [-0.05, 0) is 25.5 Å². The van der Waals surface area contributed by atoms with Gasteiger partial charge in [0.2, 0.25) is 5.65 Å². The first-order valence-corrected chi connectivity index (χ1v) is 10.3. The van der Waals surface area contributed by atoms with Crippen LogP contribution < -0.4 is 20.7 Å². The zero-order chi connectivity index (χ0) is 20.8. The molecule has 1 fully saturated rings. The molecule has 5 rings (SSSR count). The van der Waals surface area contributed by atoms with Crippen LogP contribution in [-0.2, 0) is 0 Å². The van der Waals surface area contributed by atoms with Gasteiger partial charge in [-0.15, -0.1) is 0 Å². The van der Waals surface area contributed by atoms with Crippen LogP contribution in [0, 0.1) is 6.92 Å². The summed E-state index contributed by atoms with van der Waals surface area (Å²) in [6.45, 7) is 3.55. The van der Waals surface area contributed by atoms with Crippen LogP contribution in [0.5, 0.6) is 5.88 Å². The van der Waals surface area contributed by atoms with E-state index >= 15 is 0 Å². The third-order valence-electron chi connectivity index (χ3n) is 4.95. The van der Waals surface area contributed by atoms with Gasteiger partial charge in [0.15, 0.2) is 10.8 Å². The predicted molar refractivity (Wildman–Crippen MR) is 114 cm³/mol. The molecule has 154 valence electrons. The highest BCUT2D eigenvalue weighted by atomic mass is 32.1. The summed E-state index contributed by atoms with van der Waals surface area (Å²) in [6, 6.07) is 3.98. The fourth-order valence-electron chi connectivity index (χ4n) is 3.54. The molecule has 5 heterocycles. The van der Waals surface area contributed by atoms with Gasteiger partial charge in [0, 0.05) is 25.3 Å². The minimum absolute atomic E-state index is 0.173. The van der Waals surface area contributed by atoms with Gasteiger partial charge in [0.05, 0.1) is 19.0 Å². The number of thiazole rings is 1. The molecule has 1 aliphatic heterocycles. The largest absolute Gasteiger partial charge is 0.478 e. The molecule has 0 unspecified atom stereocenters. The molecule has 0 bridgehead atoms. The monoisotopic (exact) mass is 424 g/mol. The molecular weight excluding hydrogens is 404 g/mol. The number of aromatic nitrogens is 5. The summed E-state index contributed by atoms with van der Waals surface area (Å²) in [4.78, 5) is 33.4. The van der Waals surface area contributed by atoms with Crippen molar-refractivity contribution in [2.45, 2.75) is 19.4 Å². The van der Waals surface area contributed by atoms with Gasteiger partial charge >= 0.3 is 0 Å². The standard InChI is InChI=1S/C19H20N8O2S/c1-10-7-27-9-13(24-17(29-2)15(27)21-10)23-16(28)19-22-12-3-4-14(25-18(12)30-19)26-6-5-11(20)8-26/h3-4,7,9,11H,5-6,8,20H2,1-2H3,(H,23,28)/t11-/m0/s1. The lowest BCUT2D eigenvalue weighted by atomic mass is 10.3. The molecule has 4 aromatic rings. The topological polar surface area (TPSA) is 124 Å². The maximum absolute atomic E-state index is 12.8. The number of carbonyl (C=O) groups is 1. The minimum atomic E-state index is -0.353. The lowest BCUT2D eigenvalue weighted by Gasteiger charge is -2.16. The highest BCUT2D eigenvalue weighted by Gasteiger charge is 2.22. The first-order chi connectivity index (χ1) is 14.5. The van der Waals surface area contributed by atoms with Crippen molar-refractivity contribution in [2.24, 2.45) is 5.73 Å². The van der Waals surface area contributed by atoms with Gasteiger partial charge in [0.25, 0.3) is 11.8 Å². The number of fused-ring (bicyclic) bond motifs is 2. The zero-order valence-corrected chi connectivity index (χ0v) is 17.3. The maximum Gasteiger partial charge on any atom is 0.285 e. The molecule has 1 amide bonds. The van der Waals surface area contributed by atoms with Crippen molar-refractivity contribution in [3.63, 3.8) is 0 Å². The van der Waals surface area contributed by atoms with E-state index < -0.39 is 0 Å². The Morgan fingerprint density at radius 2 is 2.13 bits per heavy atom. The Hall–Kier alpha value is -3.31. The van der Waals surface area contributed by atoms with Crippen molar-refractivity contribution in [2.75, 3.05) is 30.4 Å². The summed E-state index contributed by atoms with van der Waals surface area (Å²) in [5.41, 5.74) is 8.09.